The molecule has 0 aliphatic heterocycles. The molecule has 0 aliphatic carbocycles. The summed E-state index contributed by atoms with van der Waals surface area (Å²) in [6.45, 7) is 2.63. The van der Waals surface area contributed by atoms with Crippen molar-refractivity contribution in [2.45, 2.75) is 19.8 Å². The van der Waals surface area contributed by atoms with Gasteiger partial charge in [0, 0.05) is 18.2 Å². The van der Waals surface area contributed by atoms with E-state index in [1.165, 1.54) is 7.11 Å². The standard InChI is InChI=1S/C13H19ClN2O2/c1-9(8-15)3-6-13(17)16-10-4-5-11(14)12(7-10)18-2/h4-5,7,9H,3,6,8,15H2,1-2H3,(H,16,17). The molecule has 1 unspecified atom stereocenters. The Balaban J connectivity index is 2.54. The van der Waals surface area contributed by atoms with Gasteiger partial charge in [-0.25, -0.2) is 0 Å². The van der Waals surface area contributed by atoms with Gasteiger partial charge in [-0.15, -0.1) is 0 Å². The maximum atomic E-state index is 11.7. The van der Waals surface area contributed by atoms with Crippen molar-refractivity contribution in [3.8, 4) is 5.75 Å². The molecule has 1 aromatic rings. The van der Waals surface area contributed by atoms with Crippen molar-refractivity contribution < 1.29 is 9.53 Å². The minimum absolute atomic E-state index is 0.0281. The molecule has 0 saturated carbocycles. The molecule has 3 N–H and O–H groups in total. The lowest BCUT2D eigenvalue weighted by Crippen LogP contribution is -2.16. The fourth-order valence-electron chi connectivity index (χ4n) is 1.46. The van der Waals surface area contributed by atoms with Crippen LogP contribution in [0.25, 0.3) is 0 Å². The molecule has 0 radical (unpaired) electrons. The van der Waals surface area contributed by atoms with Gasteiger partial charge in [0.05, 0.1) is 12.1 Å². The smallest absolute Gasteiger partial charge is 0.224 e. The summed E-state index contributed by atoms with van der Waals surface area (Å²) in [4.78, 5) is 11.7. The van der Waals surface area contributed by atoms with E-state index < -0.39 is 0 Å². The summed E-state index contributed by atoms with van der Waals surface area (Å²) in [7, 11) is 1.54. The van der Waals surface area contributed by atoms with Gasteiger partial charge < -0.3 is 15.8 Å². The Morgan fingerprint density at radius 3 is 2.89 bits per heavy atom. The molecule has 5 heteroatoms. The van der Waals surface area contributed by atoms with Crippen LogP contribution < -0.4 is 15.8 Å². The summed E-state index contributed by atoms with van der Waals surface area (Å²) in [6.07, 6.45) is 1.25. The number of hydrogen-bond acceptors (Lipinski definition) is 3. The molecule has 0 aromatic heterocycles. The number of methoxy groups -OCH3 is 1. The Morgan fingerprint density at radius 2 is 2.28 bits per heavy atom. The normalized spacial score (nSPS) is 12.0. The second-order valence-corrected chi connectivity index (χ2v) is 4.68. The first-order valence-corrected chi connectivity index (χ1v) is 6.28. The summed E-state index contributed by atoms with van der Waals surface area (Å²) in [5.74, 6) is 0.875. The first kappa shape index (κ1) is 14.8. The predicted octanol–water partition coefficient (Wildman–Crippen LogP) is 2.66. The SMILES string of the molecule is COc1cc(NC(=O)CCC(C)CN)ccc1Cl. The Morgan fingerprint density at radius 1 is 1.56 bits per heavy atom. The first-order chi connectivity index (χ1) is 8.56. The lowest BCUT2D eigenvalue weighted by Gasteiger charge is -2.10. The van der Waals surface area contributed by atoms with Crippen molar-refractivity contribution in [1.82, 2.24) is 0 Å². The number of amides is 1. The minimum Gasteiger partial charge on any atom is -0.495 e. The zero-order valence-corrected chi connectivity index (χ0v) is 11.5. The zero-order valence-electron chi connectivity index (χ0n) is 10.7. The number of hydrogen-bond donors (Lipinski definition) is 2. The quantitative estimate of drug-likeness (QED) is 0.835. The fourth-order valence-corrected chi connectivity index (χ4v) is 1.65. The second kappa shape index (κ2) is 7.24. The van der Waals surface area contributed by atoms with Crippen molar-refractivity contribution in [2.24, 2.45) is 11.7 Å². The molecule has 1 atom stereocenters. The van der Waals surface area contributed by atoms with Gasteiger partial charge in [-0.3, -0.25) is 4.79 Å². The fraction of sp³-hybridized carbons (Fsp3) is 0.462. The van der Waals surface area contributed by atoms with Crippen LogP contribution >= 0.6 is 11.6 Å². The molecule has 1 rings (SSSR count). The van der Waals surface area contributed by atoms with E-state index in [9.17, 15) is 4.79 Å². The lowest BCUT2D eigenvalue weighted by molar-refractivity contribution is -0.116. The van der Waals surface area contributed by atoms with Crippen LogP contribution in [0.3, 0.4) is 0 Å². The van der Waals surface area contributed by atoms with E-state index in [-0.39, 0.29) is 5.91 Å². The number of benzene rings is 1. The molecule has 100 valence electrons. The molecule has 0 saturated heterocycles. The van der Waals surface area contributed by atoms with Gasteiger partial charge in [-0.05, 0) is 31.0 Å². The number of carbonyl (C=O) groups excluding carboxylic acids is 1. The van der Waals surface area contributed by atoms with Crippen LogP contribution in [0.1, 0.15) is 19.8 Å². The summed E-state index contributed by atoms with van der Waals surface area (Å²) in [6, 6.07) is 5.14. The Kier molecular flexibility index (Phi) is 5.95. The third-order valence-corrected chi connectivity index (χ3v) is 3.01. The largest absolute Gasteiger partial charge is 0.495 e. The maximum absolute atomic E-state index is 11.7. The van der Waals surface area contributed by atoms with Crippen molar-refractivity contribution in [2.75, 3.05) is 19.0 Å². The number of carbonyl (C=O) groups is 1. The summed E-state index contributed by atoms with van der Waals surface area (Å²) in [5, 5.41) is 3.33. The molecule has 4 nitrogen and oxygen atoms in total. The highest BCUT2D eigenvalue weighted by Gasteiger charge is 2.07. The first-order valence-electron chi connectivity index (χ1n) is 5.90. The van der Waals surface area contributed by atoms with Crippen LogP contribution in [0, 0.1) is 5.92 Å². The van der Waals surface area contributed by atoms with Crippen LogP contribution in [0.15, 0.2) is 18.2 Å². The van der Waals surface area contributed by atoms with Gasteiger partial charge in [0.1, 0.15) is 5.75 Å². The Bertz CT molecular complexity index is 410. The predicted molar refractivity (Wildman–Crippen MR) is 74.1 cm³/mol. The number of nitrogens with two attached hydrogens (primary N) is 1. The second-order valence-electron chi connectivity index (χ2n) is 4.28. The number of halogens is 1. The van der Waals surface area contributed by atoms with Gasteiger partial charge in [-0.1, -0.05) is 18.5 Å². The van der Waals surface area contributed by atoms with E-state index in [0.29, 0.717) is 35.3 Å². The number of ether oxygens (including phenoxy) is 1. The summed E-state index contributed by atoms with van der Waals surface area (Å²) < 4.78 is 5.08. The van der Waals surface area contributed by atoms with Crippen LogP contribution in [0.2, 0.25) is 5.02 Å². The van der Waals surface area contributed by atoms with E-state index in [1.54, 1.807) is 18.2 Å². The van der Waals surface area contributed by atoms with Crippen LogP contribution in [-0.4, -0.2) is 19.6 Å². The van der Waals surface area contributed by atoms with Crippen LogP contribution in [-0.2, 0) is 4.79 Å². The molecule has 0 aliphatic rings. The molecule has 1 aromatic carbocycles. The summed E-state index contributed by atoms with van der Waals surface area (Å²) >= 11 is 5.90. The van der Waals surface area contributed by atoms with Crippen molar-refractivity contribution >= 4 is 23.2 Å². The van der Waals surface area contributed by atoms with E-state index in [2.05, 4.69) is 5.32 Å². The van der Waals surface area contributed by atoms with Gasteiger partial charge in [0.2, 0.25) is 5.91 Å². The molecule has 0 heterocycles. The molecule has 1 amide bonds. The van der Waals surface area contributed by atoms with Crippen molar-refractivity contribution in [3.05, 3.63) is 23.2 Å². The van der Waals surface area contributed by atoms with Crippen LogP contribution in [0.4, 0.5) is 5.69 Å². The number of nitrogens with one attached hydrogen (secondary N) is 1. The lowest BCUT2D eigenvalue weighted by atomic mass is 10.1. The monoisotopic (exact) mass is 270 g/mol. The molecule has 0 fully saturated rings. The zero-order chi connectivity index (χ0) is 13.5. The highest BCUT2D eigenvalue weighted by atomic mass is 35.5. The molecular formula is C13H19ClN2O2. The summed E-state index contributed by atoms with van der Waals surface area (Å²) in [5.41, 5.74) is 6.18. The Hall–Kier alpha value is -1.26. The minimum atomic E-state index is -0.0281. The molecule has 18 heavy (non-hydrogen) atoms. The van der Waals surface area contributed by atoms with Crippen molar-refractivity contribution in [1.29, 1.82) is 0 Å². The number of anilines is 1. The topological polar surface area (TPSA) is 64.3 Å². The van der Waals surface area contributed by atoms with Crippen molar-refractivity contribution in [3.63, 3.8) is 0 Å². The van der Waals surface area contributed by atoms with E-state index >= 15 is 0 Å². The number of rotatable bonds is 6. The van der Waals surface area contributed by atoms with E-state index in [4.69, 9.17) is 22.1 Å². The van der Waals surface area contributed by atoms with E-state index in [0.717, 1.165) is 6.42 Å². The highest BCUT2D eigenvalue weighted by molar-refractivity contribution is 6.32. The average molecular weight is 271 g/mol. The molecule has 0 spiro atoms. The van der Waals surface area contributed by atoms with Gasteiger partial charge >= 0.3 is 0 Å². The van der Waals surface area contributed by atoms with Crippen LogP contribution in [0.5, 0.6) is 5.75 Å². The van der Waals surface area contributed by atoms with Gasteiger partial charge in [-0.2, -0.15) is 0 Å². The Labute approximate surface area is 112 Å². The highest BCUT2D eigenvalue weighted by Crippen LogP contribution is 2.27. The molecular weight excluding hydrogens is 252 g/mol. The maximum Gasteiger partial charge on any atom is 0.224 e. The van der Waals surface area contributed by atoms with Gasteiger partial charge in [0.25, 0.3) is 0 Å². The van der Waals surface area contributed by atoms with Gasteiger partial charge in [0.15, 0.2) is 0 Å². The van der Waals surface area contributed by atoms with E-state index in [1.807, 2.05) is 6.92 Å². The average Bonchev–Trinajstić information content (AvgIpc) is 2.38. The third kappa shape index (κ3) is 4.55. The molecule has 0 bridgehead atoms. The third-order valence-electron chi connectivity index (χ3n) is 2.70.